The molecule has 0 saturated carbocycles. The summed E-state index contributed by atoms with van der Waals surface area (Å²) in [6, 6.07) is 12.2. The normalized spacial score (nSPS) is 10.5. The number of nitriles is 1. The number of thiophene rings is 1. The Morgan fingerprint density at radius 3 is 2.75 bits per heavy atom. The lowest BCUT2D eigenvalue weighted by Crippen LogP contribution is -1.82. The van der Waals surface area contributed by atoms with Crippen molar-refractivity contribution in [1.82, 2.24) is 0 Å². The smallest absolute Gasteiger partial charge is 0.0994 e. The van der Waals surface area contributed by atoms with Crippen LogP contribution in [0.15, 0.2) is 35.7 Å². The largest absolute Gasteiger partial charge is 0.192 e. The van der Waals surface area contributed by atoms with Crippen molar-refractivity contribution < 1.29 is 0 Å². The highest BCUT2D eigenvalue weighted by molar-refractivity contribution is 7.10. The van der Waals surface area contributed by atoms with Gasteiger partial charge in [-0.05, 0) is 41.6 Å². The molecule has 0 fully saturated rings. The van der Waals surface area contributed by atoms with Crippen LogP contribution in [0.4, 0.5) is 0 Å². The molecule has 0 saturated heterocycles. The summed E-state index contributed by atoms with van der Waals surface area (Å²) in [4.78, 5) is 1.24. The molecule has 2 heteroatoms. The Morgan fingerprint density at radius 1 is 1.25 bits per heavy atom. The van der Waals surface area contributed by atoms with Crippen molar-refractivity contribution in [2.75, 3.05) is 0 Å². The number of aryl methyl sites for hydroxylation is 1. The first kappa shape index (κ1) is 10.7. The number of hydrogen-bond donors (Lipinski definition) is 0. The van der Waals surface area contributed by atoms with Crippen molar-refractivity contribution in [3.63, 3.8) is 0 Å². The maximum Gasteiger partial charge on any atom is 0.0994 e. The Balaban J connectivity index is 2.23. The van der Waals surface area contributed by atoms with E-state index in [0.29, 0.717) is 0 Å². The topological polar surface area (TPSA) is 23.8 Å². The van der Waals surface area contributed by atoms with E-state index in [1.807, 2.05) is 31.2 Å². The molecular formula is C14H11NS. The van der Waals surface area contributed by atoms with Crippen LogP contribution in [-0.2, 0) is 0 Å². The Hall–Kier alpha value is -1.85. The zero-order valence-electron chi connectivity index (χ0n) is 8.97. The van der Waals surface area contributed by atoms with Gasteiger partial charge in [-0.15, -0.1) is 11.3 Å². The van der Waals surface area contributed by atoms with E-state index in [4.69, 9.17) is 5.26 Å². The van der Waals surface area contributed by atoms with Crippen molar-refractivity contribution in [2.45, 2.75) is 6.92 Å². The molecule has 0 atom stereocenters. The van der Waals surface area contributed by atoms with Crippen LogP contribution in [0.1, 0.15) is 21.6 Å². The van der Waals surface area contributed by atoms with Gasteiger partial charge >= 0.3 is 0 Å². The minimum Gasteiger partial charge on any atom is -0.192 e. The molecule has 1 aromatic heterocycles. The van der Waals surface area contributed by atoms with Gasteiger partial charge in [0, 0.05) is 4.88 Å². The van der Waals surface area contributed by atoms with Crippen molar-refractivity contribution >= 4 is 23.5 Å². The number of hydrogen-bond acceptors (Lipinski definition) is 2. The van der Waals surface area contributed by atoms with Crippen LogP contribution in [0.3, 0.4) is 0 Å². The lowest BCUT2D eigenvalue weighted by molar-refractivity contribution is 1.39. The van der Waals surface area contributed by atoms with Gasteiger partial charge in [-0.25, -0.2) is 0 Å². The van der Waals surface area contributed by atoms with Gasteiger partial charge in [-0.1, -0.05) is 24.3 Å². The molecule has 2 aromatic rings. The van der Waals surface area contributed by atoms with Crippen molar-refractivity contribution in [3.8, 4) is 6.07 Å². The second-order valence-electron chi connectivity index (χ2n) is 3.53. The van der Waals surface area contributed by atoms with Gasteiger partial charge in [-0.2, -0.15) is 5.26 Å². The molecule has 0 N–H and O–H groups in total. The highest BCUT2D eigenvalue weighted by Gasteiger charge is 1.96. The molecule has 16 heavy (non-hydrogen) atoms. The van der Waals surface area contributed by atoms with Crippen LogP contribution < -0.4 is 0 Å². The summed E-state index contributed by atoms with van der Waals surface area (Å²) in [5, 5.41) is 10.9. The average Bonchev–Trinajstić information content (AvgIpc) is 2.79. The number of rotatable bonds is 2. The molecule has 1 nitrogen and oxygen atoms in total. The Morgan fingerprint density at radius 2 is 2.12 bits per heavy atom. The summed E-state index contributed by atoms with van der Waals surface area (Å²) >= 11 is 1.71. The fourth-order valence-corrected chi connectivity index (χ4v) is 2.10. The molecule has 0 unspecified atom stereocenters. The SMILES string of the molecule is Cc1cc(C=Cc2cccs2)ccc1C#N. The summed E-state index contributed by atoms with van der Waals surface area (Å²) in [6.45, 7) is 1.96. The summed E-state index contributed by atoms with van der Waals surface area (Å²) in [7, 11) is 0. The van der Waals surface area contributed by atoms with Crippen LogP contribution in [0.5, 0.6) is 0 Å². The fraction of sp³-hybridized carbons (Fsp3) is 0.0714. The molecule has 0 bridgehead atoms. The van der Waals surface area contributed by atoms with E-state index in [1.165, 1.54) is 4.88 Å². The van der Waals surface area contributed by atoms with E-state index in [-0.39, 0.29) is 0 Å². The number of nitrogens with zero attached hydrogens (tertiary/aromatic N) is 1. The maximum absolute atomic E-state index is 8.82. The van der Waals surface area contributed by atoms with E-state index in [2.05, 4.69) is 29.7 Å². The van der Waals surface area contributed by atoms with Crippen LogP contribution in [0, 0.1) is 18.3 Å². The lowest BCUT2D eigenvalue weighted by Gasteiger charge is -1.98. The summed E-state index contributed by atoms with van der Waals surface area (Å²) in [6.07, 6.45) is 4.16. The quantitative estimate of drug-likeness (QED) is 0.755. The molecule has 0 aliphatic rings. The average molecular weight is 225 g/mol. The molecule has 1 heterocycles. The third kappa shape index (κ3) is 2.39. The minimum atomic E-state index is 0.744. The van der Waals surface area contributed by atoms with E-state index in [1.54, 1.807) is 11.3 Å². The second-order valence-corrected chi connectivity index (χ2v) is 4.51. The predicted octanol–water partition coefficient (Wildman–Crippen LogP) is 4.10. The van der Waals surface area contributed by atoms with E-state index < -0.39 is 0 Å². The van der Waals surface area contributed by atoms with Gasteiger partial charge in [0.15, 0.2) is 0 Å². The summed E-state index contributed by atoms with van der Waals surface area (Å²) in [5.41, 5.74) is 2.90. The minimum absolute atomic E-state index is 0.744. The van der Waals surface area contributed by atoms with Gasteiger partial charge in [0.05, 0.1) is 11.6 Å². The summed E-state index contributed by atoms with van der Waals surface area (Å²) in [5.74, 6) is 0. The molecular weight excluding hydrogens is 214 g/mol. The first-order chi connectivity index (χ1) is 7.79. The molecule has 1 aromatic carbocycles. The van der Waals surface area contributed by atoms with E-state index >= 15 is 0 Å². The molecule has 0 aliphatic heterocycles. The molecule has 0 aliphatic carbocycles. The highest BCUT2D eigenvalue weighted by atomic mass is 32.1. The van der Waals surface area contributed by atoms with Crippen molar-refractivity contribution in [3.05, 3.63) is 57.3 Å². The van der Waals surface area contributed by atoms with Crippen LogP contribution >= 0.6 is 11.3 Å². The lowest BCUT2D eigenvalue weighted by atomic mass is 10.1. The predicted molar refractivity (Wildman–Crippen MR) is 69.1 cm³/mol. The molecule has 0 amide bonds. The molecule has 2 rings (SSSR count). The van der Waals surface area contributed by atoms with Gasteiger partial charge in [0.2, 0.25) is 0 Å². The Kier molecular flexibility index (Phi) is 3.19. The third-order valence-electron chi connectivity index (χ3n) is 2.35. The summed E-state index contributed by atoms with van der Waals surface area (Å²) < 4.78 is 0. The highest BCUT2D eigenvalue weighted by Crippen LogP contribution is 2.15. The van der Waals surface area contributed by atoms with Crippen molar-refractivity contribution in [1.29, 1.82) is 5.26 Å². The first-order valence-electron chi connectivity index (χ1n) is 5.02. The zero-order chi connectivity index (χ0) is 11.4. The first-order valence-corrected chi connectivity index (χ1v) is 5.90. The maximum atomic E-state index is 8.82. The Bertz CT molecular complexity index is 545. The zero-order valence-corrected chi connectivity index (χ0v) is 9.79. The Labute approximate surface area is 99.3 Å². The van der Waals surface area contributed by atoms with E-state index in [0.717, 1.165) is 16.7 Å². The van der Waals surface area contributed by atoms with Gasteiger partial charge in [0.25, 0.3) is 0 Å². The van der Waals surface area contributed by atoms with Gasteiger partial charge in [-0.3, -0.25) is 0 Å². The van der Waals surface area contributed by atoms with E-state index in [9.17, 15) is 0 Å². The standard InChI is InChI=1S/C14H11NS/c1-11-9-12(4-6-13(11)10-15)5-7-14-3-2-8-16-14/h2-9H,1H3. The monoisotopic (exact) mass is 225 g/mol. The van der Waals surface area contributed by atoms with Crippen LogP contribution in [0.25, 0.3) is 12.2 Å². The van der Waals surface area contributed by atoms with Crippen LogP contribution in [-0.4, -0.2) is 0 Å². The molecule has 78 valence electrons. The van der Waals surface area contributed by atoms with Gasteiger partial charge in [0.1, 0.15) is 0 Å². The van der Waals surface area contributed by atoms with Crippen LogP contribution in [0.2, 0.25) is 0 Å². The fourth-order valence-electron chi connectivity index (χ4n) is 1.48. The number of benzene rings is 1. The second kappa shape index (κ2) is 4.78. The van der Waals surface area contributed by atoms with Crippen molar-refractivity contribution in [2.24, 2.45) is 0 Å². The van der Waals surface area contributed by atoms with Gasteiger partial charge < -0.3 is 0 Å². The molecule has 0 radical (unpaired) electrons. The molecule has 0 spiro atoms. The third-order valence-corrected chi connectivity index (χ3v) is 3.19.